The summed E-state index contributed by atoms with van der Waals surface area (Å²) in [5.74, 6) is 4.97. The van der Waals surface area contributed by atoms with Crippen LogP contribution in [0.2, 0.25) is 0 Å². The van der Waals surface area contributed by atoms with Gasteiger partial charge in [0.15, 0.2) is 0 Å². The Labute approximate surface area is 88.2 Å². The second kappa shape index (κ2) is 3.44. The van der Waals surface area contributed by atoms with Crippen molar-refractivity contribution in [3.63, 3.8) is 0 Å². The van der Waals surface area contributed by atoms with Crippen LogP contribution in [0.15, 0.2) is 28.5 Å². The Hall–Kier alpha value is -1.17. The van der Waals surface area contributed by atoms with E-state index < -0.39 is 9.84 Å². The lowest BCUT2D eigenvalue weighted by Crippen LogP contribution is -2.05. The first-order valence-corrected chi connectivity index (χ1v) is 5.98. The molecular formula is C10H11NO3S. The zero-order valence-electron chi connectivity index (χ0n) is 8.23. The van der Waals surface area contributed by atoms with Crippen molar-refractivity contribution < 1.29 is 13.3 Å². The molecule has 0 spiro atoms. The van der Waals surface area contributed by atoms with Crippen LogP contribution >= 0.6 is 0 Å². The predicted octanol–water partition coefficient (Wildman–Crippen LogP) is 1.23. The smallest absolute Gasteiger partial charge is 0.201 e. The quantitative estimate of drug-likeness (QED) is 0.768. The Balaban J connectivity index is 2.70. The number of rotatable bonds is 2. The van der Waals surface area contributed by atoms with Gasteiger partial charge in [0.2, 0.25) is 9.84 Å². The van der Waals surface area contributed by atoms with Gasteiger partial charge >= 0.3 is 0 Å². The van der Waals surface area contributed by atoms with Gasteiger partial charge in [-0.05, 0) is 23.6 Å². The average molecular weight is 225 g/mol. The van der Waals surface area contributed by atoms with Crippen LogP contribution in [-0.2, 0) is 21.3 Å². The van der Waals surface area contributed by atoms with Gasteiger partial charge in [-0.25, -0.2) is 14.3 Å². The molecular weight excluding hydrogens is 214 g/mol. The Kier molecular flexibility index (Phi) is 2.38. The third-order valence-corrected chi connectivity index (χ3v) is 4.09. The molecule has 0 radical (unpaired) electrons. The largest absolute Gasteiger partial charge is 0.300 e. The SMILES string of the molecule is CC1=CS(=O)(=O)c2c(CON)cccc21. The van der Waals surface area contributed by atoms with Gasteiger partial charge in [0.25, 0.3) is 0 Å². The molecule has 1 aliphatic rings. The topological polar surface area (TPSA) is 69.4 Å². The molecule has 1 aromatic rings. The van der Waals surface area contributed by atoms with Gasteiger partial charge in [-0.1, -0.05) is 18.2 Å². The molecule has 0 fully saturated rings. The molecule has 15 heavy (non-hydrogen) atoms. The van der Waals surface area contributed by atoms with Crippen LogP contribution < -0.4 is 5.90 Å². The third-order valence-electron chi connectivity index (χ3n) is 2.38. The Morgan fingerprint density at radius 2 is 2.13 bits per heavy atom. The van der Waals surface area contributed by atoms with Crippen molar-refractivity contribution in [3.05, 3.63) is 34.7 Å². The molecule has 80 valence electrons. The van der Waals surface area contributed by atoms with Crippen molar-refractivity contribution in [2.24, 2.45) is 5.90 Å². The average Bonchev–Trinajstić information content (AvgIpc) is 2.39. The summed E-state index contributed by atoms with van der Waals surface area (Å²) in [7, 11) is -3.31. The molecule has 0 saturated heterocycles. The maximum atomic E-state index is 11.8. The number of hydrogen-bond acceptors (Lipinski definition) is 4. The van der Waals surface area contributed by atoms with E-state index in [1.54, 1.807) is 25.1 Å². The highest BCUT2D eigenvalue weighted by molar-refractivity contribution is 7.95. The molecule has 5 heteroatoms. The zero-order valence-corrected chi connectivity index (χ0v) is 9.04. The van der Waals surface area contributed by atoms with Crippen molar-refractivity contribution in [1.29, 1.82) is 0 Å². The third kappa shape index (κ3) is 1.58. The minimum absolute atomic E-state index is 0.101. The molecule has 1 heterocycles. The summed E-state index contributed by atoms with van der Waals surface area (Å²) in [5, 5.41) is 1.28. The molecule has 1 aliphatic heterocycles. The van der Waals surface area contributed by atoms with E-state index in [-0.39, 0.29) is 6.61 Å². The number of benzene rings is 1. The summed E-state index contributed by atoms with van der Waals surface area (Å²) in [6, 6.07) is 5.28. The van der Waals surface area contributed by atoms with Crippen LogP contribution in [0.1, 0.15) is 18.1 Å². The van der Waals surface area contributed by atoms with Gasteiger partial charge in [0.05, 0.1) is 11.5 Å². The van der Waals surface area contributed by atoms with Crippen molar-refractivity contribution in [2.75, 3.05) is 0 Å². The second-order valence-corrected chi connectivity index (χ2v) is 5.18. The van der Waals surface area contributed by atoms with Crippen LogP contribution in [0.4, 0.5) is 0 Å². The Morgan fingerprint density at radius 1 is 1.40 bits per heavy atom. The highest BCUT2D eigenvalue weighted by atomic mass is 32.2. The number of nitrogens with two attached hydrogens (primary N) is 1. The van der Waals surface area contributed by atoms with Crippen molar-refractivity contribution in [2.45, 2.75) is 18.4 Å². The first-order valence-electron chi connectivity index (χ1n) is 4.43. The normalized spacial score (nSPS) is 17.3. The van der Waals surface area contributed by atoms with Crippen molar-refractivity contribution in [3.8, 4) is 0 Å². The number of hydrogen-bond donors (Lipinski definition) is 1. The van der Waals surface area contributed by atoms with E-state index in [1.165, 1.54) is 5.41 Å². The van der Waals surface area contributed by atoms with Gasteiger partial charge in [0, 0.05) is 5.41 Å². The lowest BCUT2D eigenvalue weighted by molar-refractivity contribution is 0.122. The van der Waals surface area contributed by atoms with Gasteiger partial charge in [-0.15, -0.1) is 0 Å². The van der Waals surface area contributed by atoms with E-state index in [1.807, 2.05) is 0 Å². The summed E-state index contributed by atoms with van der Waals surface area (Å²) in [5.41, 5.74) is 2.09. The van der Waals surface area contributed by atoms with E-state index in [4.69, 9.17) is 5.90 Å². The van der Waals surface area contributed by atoms with Crippen molar-refractivity contribution in [1.82, 2.24) is 0 Å². The second-order valence-electron chi connectivity index (χ2n) is 3.45. The molecule has 2 N–H and O–H groups in total. The fraction of sp³-hybridized carbons (Fsp3) is 0.200. The van der Waals surface area contributed by atoms with E-state index in [2.05, 4.69) is 4.84 Å². The lowest BCUT2D eigenvalue weighted by atomic mass is 10.1. The van der Waals surface area contributed by atoms with Gasteiger partial charge in [-0.3, -0.25) is 4.84 Å². The number of fused-ring (bicyclic) bond motifs is 1. The monoisotopic (exact) mass is 225 g/mol. The molecule has 4 nitrogen and oxygen atoms in total. The van der Waals surface area contributed by atoms with E-state index in [0.717, 1.165) is 11.1 Å². The molecule has 1 aromatic carbocycles. The van der Waals surface area contributed by atoms with Crippen LogP contribution in [0.25, 0.3) is 5.57 Å². The molecule has 0 saturated carbocycles. The Bertz CT molecular complexity index is 532. The molecule has 0 atom stereocenters. The van der Waals surface area contributed by atoms with E-state index in [0.29, 0.717) is 10.5 Å². The predicted molar refractivity (Wildman–Crippen MR) is 56.3 cm³/mol. The minimum atomic E-state index is -3.31. The maximum Gasteiger partial charge on any atom is 0.201 e. The Morgan fingerprint density at radius 3 is 2.80 bits per heavy atom. The lowest BCUT2D eigenvalue weighted by Gasteiger charge is -2.06. The van der Waals surface area contributed by atoms with Crippen LogP contribution in [0, 0.1) is 0 Å². The summed E-state index contributed by atoms with van der Waals surface area (Å²) in [6.45, 7) is 1.87. The standard InChI is InChI=1S/C10H11NO3S/c1-7-6-15(12,13)10-8(5-14-11)3-2-4-9(7)10/h2-4,6H,5,11H2,1H3. The zero-order chi connectivity index (χ0) is 11.1. The van der Waals surface area contributed by atoms with Crippen molar-refractivity contribution >= 4 is 15.4 Å². The number of allylic oxidation sites excluding steroid dienone is 1. The van der Waals surface area contributed by atoms with Gasteiger partial charge in [0.1, 0.15) is 0 Å². The minimum Gasteiger partial charge on any atom is -0.300 e. The molecule has 0 unspecified atom stereocenters. The van der Waals surface area contributed by atoms with Crippen LogP contribution in [0.3, 0.4) is 0 Å². The summed E-state index contributed by atoms with van der Waals surface area (Å²) in [4.78, 5) is 4.82. The molecule has 0 bridgehead atoms. The first kappa shape index (κ1) is 10.4. The highest BCUT2D eigenvalue weighted by Crippen LogP contribution is 2.35. The highest BCUT2D eigenvalue weighted by Gasteiger charge is 2.27. The summed E-state index contributed by atoms with van der Waals surface area (Å²) < 4.78 is 23.6. The number of sulfone groups is 1. The van der Waals surface area contributed by atoms with Crippen LogP contribution in [0.5, 0.6) is 0 Å². The fourth-order valence-corrected chi connectivity index (χ4v) is 3.53. The van der Waals surface area contributed by atoms with Gasteiger partial charge in [-0.2, -0.15) is 0 Å². The first-order chi connectivity index (χ1) is 7.06. The summed E-state index contributed by atoms with van der Waals surface area (Å²) >= 11 is 0. The fourth-order valence-electron chi connectivity index (χ4n) is 1.79. The molecule has 0 aromatic heterocycles. The van der Waals surface area contributed by atoms with Gasteiger partial charge < -0.3 is 0 Å². The summed E-state index contributed by atoms with van der Waals surface area (Å²) in [6.07, 6.45) is 0. The van der Waals surface area contributed by atoms with Crippen LogP contribution in [-0.4, -0.2) is 8.42 Å². The molecule has 0 amide bonds. The maximum absolute atomic E-state index is 11.8. The molecule has 0 aliphatic carbocycles. The van der Waals surface area contributed by atoms with E-state index in [9.17, 15) is 8.42 Å². The van der Waals surface area contributed by atoms with E-state index >= 15 is 0 Å². The molecule has 2 rings (SSSR count).